The standard InChI is InChI=1S/C21H19F2N3O3/c1-28-18-9-14(7-8-17(18)29-21(22)23)15-10-19(27)25-20-16(15)11-24-26(20)12-13-5-3-2-4-6-13/h2-9,11,15,21H,10,12H2,1H3,(H,25,27). The second-order valence-corrected chi connectivity index (χ2v) is 6.69. The van der Waals surface area contributed by atoms with Crippen molar-refractivity contribution in [2.24, 2.45) is 0 Å². The highest BCUT2D eigenvalue weighted by Crippen LogP contribution is 2.40. The van der Waals surface area contributed by atoms with Crippen molar-refractivity contribution in [2.75, 3.05) is 12.4 Å². The van der Waals surface area contributed by atoms with Gasteiger partial charge >= 0.3 is 6.61 Å². The molecular formula is C21H19F2N3O3. The number of ether oxygens (including phenoxy) is 2. The first-order chi connectivity index (χ1) is 14.0. The molecule has 4 rings (SSSR count). The quantitative estimate of drug-likeness (QED) is 0.680. The molecule has 150 valence electrons. The minimum absolute atomic E-state index is 0.0495. The third kappa shape index (κ3) is 3.91. The molecule has 0 spiro atoms. The van der Waals surface area contributed by atoms with E-state index in [0.29, 0.717) is 12.4 Å². The first-order valence-electron chi connectivity index (χ1n) is 9.07. The maximum atomic E-state index is 12.6. The zero-order valence-corrected chi connectivity index (χ0v) is 15.6. The summed E-state index contributed by atoms with van der Waals surface area (Å²) in [4.78, 5) is 12.4. The summed E-state index contributed by atoms with van der Waals surface area (Å²) < 4.78 is 36.6. The summed E-state index contributed by atoms with van der Waals surface area (Å²) in [5.74, 6) is 0.377. The molecule has 0 aliphatic carbocycles. The average Bonchev–Trinajstić information content (AvgIpc) is 3.10. The van der Waals surface area contributed by atoms with E-state index in [0.717, 1.165) is 16.7 Å². The summed E-state index contributed by atoms with van der Waals surface area (Å²) in [5, 5.41) is 7.35. The van der Waals surface area contributed by atoms with E-state index in [2.05, 4.69) is 15.2 Å². The molecule has 6 nitrogen and oxygen atoms in total. The second kappa shape index (κ2) is 7.90. The van der Waals surface area contributed by atoms with Crippen LogP contribution in [0.2, 0.25) is 0 Å². The minimum atomic E-state index is -2.95. The van der Waals surface area contributed by atoms with Crippen molar-refractivity contribution in [1.82, 2.24) is 9.78 Å². The molecule has 0 fully saturated rings. The van der Waals surface area contributed by atoms with Crippen molar-refractivity contribution >= 4 is 11.7 Å². The van der Waals surface area contributed by atoms with Crippen molar-refractivity contribution in [2.45, 2.75) is 25.5 Å². The predicted octanol–water partition coefficient (Wildman–Crippen LogP) is 4.02. The molecule has 0 bridgehead atoms. The molecule has 0 saturated carbocycles. The van der Waals surface area contributed by atoms with Crippen LogP contribution in [0.25, 0.3) is 0 Å². The largest absolute Gasteiger partial charge is 0.493 e. The van der Waals surface area contributed by atoms with Crippen LogP contribution in [-0.4, -0.2) is 29.4 Å². The molecule has 0 radical (unpaired) electrons. The Bertz CT molecular complexity index is 1020. The number of carbonyl (C=O) groups is 1. The minimum Gasteiger partial charge on any atom is -0.493 e. The molecule has 2 aromatic carbocycles. The van der Waals surface area contributed by atoms with Gasteiger partial charge in [-0.1, -0.05) is 36.4 Å². The van der Waals surface area contributed by atoms with E-state index in [9.17, 15) is 13.6 Å². The van der Waals surface area contributed by atoms with Crippen molar-refractivity contribution < 1.29 is 23.0 Å². The van der Waals surface area contributed by atoms with Gasteiger partial charge in [0.15, 0.2) is 11.5 Å². The SMILES string of the molecule is COc1cc(C2CC(=O)Nc3c2cnn3Cc2ccccc2)ccc1OC(F)F. The van der Waals surface area contributed by atoms with Gasteiger partial charge in [-0.15, -0.1) is 0 Å². The number of carbonyl (C=O) groups excluding carboxylic acids is 1. The monoisotopic (exact) mass is 399 g/mol. The van der Waals surface area contributed by atoms with E-state index in [-0.39, 0.29) is 29.7 Å². The third-order valence-corrected chi connectivity index (χ3v) is 4.87. The van der Waals surface area contributed by atoms with Gasteiger partial charge in [-0.2, -0.15) is 13.9 Å². The van der Waals surface area contributed by atoms with Crippen molar-refractivity contribution in [1.29, 1.82) is 0 Å². The number of nitrogens with zero attached hydrogens (tertiary/aromatic N) is 2. The van der Waals surface area contributed by atoms with Gasteiger partial charge in [0.25, 0.3) is 0 Å². The van der Waals surface area contributed by atoms with Crippen LogP contribution in [0.15, 0.2) is 54.7 Å². The first kappa shape index (κ1) is 18.9. The molecule has 1 unspecified atom stereocenters. The molecule has 29 heavy (non-hydrogen) atoms. The van der Waals surface area contributed by atoms with Gasteiger partial charge in [-0.25, -0.2) is 4.68 Å². The Hall–Kier alpha value is -3.42. The molecule has 1 amide bonds. The highest BCUT2D eigenvalue weighted by Gasteiger charge is 2.30. The van der Waals surface area contributed by atoms with E-state index in [1.165, 1.54) is 13.2 Å². The Labute approximate surface area is 166 Å². The van der Waals surface area contributed by atoms with Crippen LogP contribution in [-0.2, 0) is 11.3 Å². The second-order valence-electron chi connectivity index (χ2n) is 6.69. The van der Waals surface area contributed by atoms with Crippen molar-refractivity contribution in [3.8, 4) is 11.5 Å². The normalized spacial score (nSPS) is 15.7. The van der Waals surface area contributed by atoms with Gasteiger partial charge < -0.3 is 14.8 Å². The maximum Gasteiger partial charge on any atom is 0.387 e. The molecule has 1 aromatic heterocycles. The Morgan fingerprint density at radius 1 is 1.21 bits per heavy atom. The molecule has 0 saturated heterocycles. The number of hydrogen-bond donors (Lipinski definition) is 1. The van der Waals surface area contributed by atoms with Crippen LogP contribution < -0.4 is 14.8 Å². The Morgan fingerprint density at radius 3 is 2.72 bits per heavy atom. The number of amides is 1. The Kier molecular flexibility index (Phi) is 5.16. The van der Waals surface area contributed by atoms with Crippen LogP contribution >= 0.6 is 0 Å². The molecule has 8 heteroatoms. The lowest BCUT2D eigenvalue weighted by molar-refractivity contribution is -0.116. The number of methoxy groups -OCH3 is 1. The van der Waals surface area contributed by atoms with Gasteiger partial charge in [0.2, 0.25) is 5.91 Å². The number of rotatable bonds is 6. The van der Waals surface area contributed by atoms with Gasteiger partial charge in [-0.05, 0) is 23.3 Å². The number of halogens is 2. The lowest BCUT2D eigenvalue weighted by Crippen LogP contribution is -2.25. The zero-order valence-electron chi connectivity index (χ0n) is 15.6. The highest BCUT2D eigenvalue weighted by atomic mass is 19.3. The number of benzene rings is 2. The number of hydrogen-bond acceptors (Lipinski definition) is 4. The summed E-state index contributed by atoms with van der Waals surface area (Å²) >= 11 is 0. The fourth-order valence-corrected chi connectivity index (χ4v) is 3.54. The molecular weight excluding hydrogens is 380 g/mol. The first-order valence-corrected chi connectivity index (χ1v) is 9.07. The number of aromatic nitrogens is 2. The van der Waals surface area contributed by atoms with Crippen molar-refractivity contribution in [3.63, 3.8) is 0 Å². The van der Waals surface area contributed by atoms with E-state index < -0.39 is 6.61 Å². The Morgan fingerprint density at radius 2 is 2.00 bits per heavy atom. The van der Waals surface area contributed by atoms with Gasteiger partial charge in [0, 0.05) is 17.9 Å². The van der Waals surface area contributed by atoms with Crippen LogP contribution in [0, 0.1) is 0 Å². The summed E-state index contributed by atoms with van der Waals surface area (Å²) in [6, 6.07) is 14.5. The van der Waals surface area contributed by atoms with Crippen molar-refractivity contribution in [3.05, 3.63) is 71.4 Å². The lowest BCUT2D eigenvalue weighted by atomic mass is 9.87. The van der Waals surface area contributed by atoms with Crippen LogP contribution in [0.5, 0.6) is 11.5 Å². The number of alkyl halides is 2. The summed E-state index contributed by atoms with van der Waals surface area (Å²) in [5.41, 5.74) is 2.69. The van der Waals surface area contributed by atoms with Gasteiger partial charge in [0.1, 0.15) is 5.82 Å². The Balaban J connectivity index is 1.68. The van der Waals surface area contributed by atoms with E-state index >= 15 is 0 Å². The molecule has 2 heterocycles. The van der Waals surface area contributed by atoms with Gasteiger partial charge in [0.05, 0.1) is 19.9 Å². The average molecular weight is 399 g/mol. The summed E-state index contributed by atoms with van der Waals surface area (Å²) in [6.07, 6.45) is 1.96. The molecule has 3 aromatic rings. The highest BCUT2D eigenvalue weighted by molar-refractivity contribution is 5.94. The maximum absolute atomic E-state index is 12.6. The molecule has 1 aliphatic rings. The molecule has 1 N–H and O–H groups in total. The van der Waals surface area contributed by atoms with E-state index in [4.69, 9.17) is 4.74 Å². The third-order valence-electron chi connectivity index (χ3n) is 4.87. The fourth-order valence-electron chi connectivity index (χ4n) is 3.54. The zero-order chi connectivity index (χ0) is 20.4. The topological polar surface area (TPSA) is 65.4 Å². The molecule has 1 atom stereocenters. The van der Waals surface area contributed by atoms with Crippen LogP contribution in [0.4, 0.5) is 14.6 Å². The summed E-state index contributed by atoms with van der Waals surface area (Å²) in [7, 11) is 1.38. The number of fused-ring (bicyclic) bond motifs is 1. The van der Waals surface area contributed by atoms with Gasteiger partial charge in [-0.3, -0.25) is 4.79 Å². The van der Waals surface area contributed by atoms with Crippen LogP contribution in [0.3, 0.4) is 0 Å². The smallest absolute Gasteiger partial charge is 0.387 e. The lowest BCUT2D eigenvalue weighted by Gasteiger charge is -2.24. The van der Waals surface area contributed by atoms with E-state index in [1.54, 1.807) is 23.0 Å². The number of anilines is 1. The summed E-state index contributed by atoms with van der Waals surface area (Å²) in [6.45, 7) is -2.42. The van der Waals surface area contributed by atoms with E-state index in [1.807, 2.05) is 30.3 Å². The molecule has 1 aliphatic heterocycles. The fraction of sp³-hybridized carbons (Fsp3) is 0.238. The predicted molar refractivity (Wildman–Crippen MR) is 102 cm³/mol. The number of nitrogens with one attached hydrogen (secondary N) is 1. The van der Waals surface area contributed by atoms with Crippen LogP contribution in [0.1, 0.15) is 29.0 Å².